The van der Waals surface area contributed by atoms with Gasteiger partial charge in [0.1, 0.15) is 11.9 Å². The molecule has 0 aliphatic rings. The lowest BCUT2D eigenvalue weighted by atomic mass is 10.0. The Morgan fingerprint density at radius 1 is 1.77 bits per heavy atom. The normalized spacial score (nSPS) is 14.7. The summed E-state index contributed by atoms with van der Waals surface area (Å²) in [5, 5.41) is 0. The van der Waals surface area contributed by atoms with Gasteiger partial charge in [0.15, 0.2) is 11.8 Å². The third-order valence-corrected chi connectivity index (χ3v) is 2.09. The van der Waals surface area contributed by atoms with E-state index in [1.807, 2.05) is 6.26 Å². The molecule has 0 radical (unpaired) electrons. The lowest BCUT2D eigenvalue weighted by molar-refractivity contribution is -0.217. The van der Waals surface area contributed by atoms with Crippen molar-refractivity contribution in [3.63, 3.8) is 0 Å². The molecule has 0 heterocycles. The van der Waals surface area contributed by atoms with Gasteiger partial charge >= 0.3 is 5.97 Å². The van der Waals surface area contributed by atoms with Gasteiger partial charge in [-0.3, -0.25) is 4.89 Å². The number of rotatable bonds is 6. The minimum Gasteiger partial charge on any atom is -0.310 e. The molecule has 76 valence electrons. The van der Waals surface area contributed by atoms with Crippen LogP contribution in [-0.4, -0.2) is 29.8 Å². The van der Waals surface area contributed by atoms with Crippen LogP contribution in [0.25, 0.3) is 0 Å². The maximum Gasteiger partial charge on any atom is 0.371 e. The summed E-state index contributed by atoms with van der Waals surface area (Å²) in [5.74, 6) is -0.432. The van der Waals surface area contributed by atoms with Crippen LogP contribution in [0.5, 0.6) is 0 Å². The Morgan fingerprint density at radius 3 is 2.77 bits per heavy atom. The van der Waals surface area contributed by atoms with Crippen molar-refractivity contribution in [2.75, 3.05) is 12.0 Å². The number of nitrogens with two attached hydrogens (primary N) is 1. The maximum absolute atomic E-state index is 11.0. The zero-order valence-corrected chi connectivity index (χ0v) is 8.56. The van der Waals surface area contributed by atoms with E-state index in [0.29, 0.717) is 12.0 Å². The van der Waals surface area contributed by atoms with Crippen molar-refractivity contribution >= 4 is 35.9 Å². The van der Waals surface area contributed by atoms with Crippen LogP contribution in [-0.2, 0) is 18.9 Å². The van der Waals surface area contributed by atoms with E-state index in [9.17, 15) is 9.59 Å². The lowest BCUT2D eigenvalue weighted by Gasteiger charge is -2.17. The predicted molar refractivity (Wildman–Crippen MR) is 49.0 cm³/mol. The molecular formula is C6H10ClNO4S. The largest absolute Gasteiger partial charge is 0.371 e. The second-order valence-corrected chi connectivity index (χ2v) is 3.45. The predicted octanol–water partition coefficient (Wildman–Crippen LogP) is 0.264. The molecule has 1 unspecified atom stereocenters. The molecule has 0 amide bonds. The highest BCUT2D eigenvalue weighted by Crippen LogP contribution is 2.10. The van der Waals surface area contributed by atoms with Gasteiger partial charge < -0.3 is 10.5 Å². The van der Waals surface area contributed by atoms with Crippen molar-refractivity contribution in [3.05, 3.63) is 0 Å². The van der Waals surface area contributed by atoms with Crippen LogP contribution >= 0.6 is 23.6 Å². The maximum atomic E-state index is 11.0. The molecule has 0 aliphatic heterocycles. The summed E-state index contributed by atoms with van der Waals surface area (Å²) >= 11 is 6.13. The summed E-state index contributed by atoms with van der Waals surface area (Å²) in [4.78, 5) is 25.5. The van der Waals surface area contributed by atoms with Crippen LogP contribution in [0.2, 0.25) is 0 Å². The van der Waals surface area contributed by atoms with Gasteiger partial charge in [-0.25, -0.2) is 4.79 Å². The van der Waals surface area contributed by atoms with Crippen LogP contribution in [0, 0.1) is 0 Å². The molecule has 1 atom stereocenters. The van der Waals surface area contributed by atoms with Gasteiger partial charge in [0.2, 0.25) is 0 Å². The number of carbonyl (C=O) groups excluding carboxylic acids is 2. The first-order valence-corrected chi connectivity index (χ1v) is 5.05. The molecule has 0 spiro atoms. The van der Waals surface area contributed by atoms with Crippen LogP contribution in [0.15, 0.2) is 0 Å². The molecule has 0 bridgehead atoms. The summed E-state index contributed by atoms with van der Waals surface area (Å²) < 4.78 is 3.61. The third kappa shape index (κ3) is 3.95. The molecule has 0 aromatic heterocycles. The number of halogens is 1. The molecule has 0 rings (SSSR count). The average molecular weight is 228 g/mol. The Balaban J connectivity index is 4.24. The second kappa shape index (κ2) is 6.20. The topological polar surface area (TPSA) is 78.6 Å². The fourth-order valence-electron chi connectivity index (χ4n) is 0.586. The van der Waals surface area contributed by atoms with E-state index in [1.54, 1.807) is 0 Å². The molecule has 7 heteroatoms. The van der Waals surface area contributed by atoms with E-state index in [-0.39, 0.29) is 6.42 Å². The van der Waals surface area contributed by atoms with Crippen molar-refractivity contribution in [1.82, 2.24) is 0 Å². The number of hydrogen-bond donors (Lipinski definition) is 1. The van der Waals surface area contributed by atoms with Gasteiger partial charge in [-0.1, -0.05) is 4.44 Å². The molecule has 0 saturated carbocycles. The van der Waals surface area contributed by atoms with Crippen LogP contribution in [0.1, 0.15) is 6.42 Å². The number of hydrogen-bond acceptors (Lipinski definition) is 6. The van der Waals surface area contributed by atoms with Crippen molar-refractivity contribution < 1.29 is 18.9 Å². The highest BCUT2D eigenvalue weighted by Gasteiger charge is 2.36. The summed E-state index contributed by atoms with van der Waals surface area (Å²) in [6.45, 7) is 0. The zero-order valence-electron chi connectivity index (χ0n) is 6.99. The van der Waals surface area contributed by atoms with Crippen LogP contribution in [0.4, 0.5) is 0 Å². The monoisotopic (exact) mass is 227 g/mol. The van der Waals surface area contributed by atoms with Crippen LogP contribution < -0.4 is 5.73 Å². The molecule has 2 N–H and O–H groups in total. The summed E-state index contributed by atoms with van der Waals surface area (Å²) in [5.41, 5.74) is 3.75. The van der Waals surface area contributed by atoms with Gasteiger partial charge in [-0.15, -0.1) is 0 Å². The molecule has 0 fully saturated rings. The van der Waals surface area contributed by atoms with Crippen LogP contribution in [0.3, 0.4) is 0 Å². The van der Waals surface area contributed by atoms with Crippen molar-refractivity contribution in [3.8, 4) is 0 Å². The van der Waals surface area contributed by atoms with E-state index in [1.165, 1.54) is 11.8 Å². The highest BCUT2D eigenvalue weighted by molar-refractivity contribution is 7.98. The molecule has 13 heavy (non-hydrogen) atoms. The summed E-state index contributed by atoms with van der Waals surface area (Å²) in [7, 11) is 0. The Bertz CT molecular complexity index is 191. The SMILES string of the molecule is CSCCC(N)(C=O)C(=O)OOCl. The Morgan fingerprint density at radius 2 is 2.38 bits per heavy atom. The van der Waals surface area contributed by atoms with Crippen molar-refractivity contribution in [2.45, 2.75) is 12.0 Å². The minimum atomic E-state index is -1.67. The Hall–Kier alpha value is -0.300. The molecule has 0 aromatic rings. The minimum absolute atomic E-state index is 0.177. The zero-order chi connectivity index (χ0) is 10.3. The van der Waals surface area contributed by atoms with E-state index >= 15 is 0 Å². The number of thioether (sulfide) groups is 1. The smallest absolute Gasteiger partial charge is 0.310 e. The van der Waals surface area contributed by atoms with Crippen molar-refractivity contribution in [1.29, 1.82) is 0 Å². The molecule has 0 saturated heterocycles. The van der Waals surface area contributed by atoms with Gasteiger partial charge in [-0.05, 0) is 18.4 Å². The quantitative estimate of drug-likeness (QED) is 0.304. The second-order valence-electron chi connectivity index (χ2n) is 2.33. The molecule has 5 nitrogen and oxygen atoms in total. The number of aldehydes is 1. The molecule has 0 aromatic carbocycles. The van der Waals surface area contributed by atoms with Gasteiger partial charge in [-0.2, -0.15) is 11.8 Å². The first kappa shape index (κ1) is 12.7. The first-order valence-electron chi connectivity index (χ1n) is 3.34. The van der Waals surface area contributed by atoms with E-state index < -0.39 is 11.5 Å². The van der Waals surface area contributed by atoms with E-state index in [0.717, 1.165) is 0 Å². The summed E-state index contributed by atoms with van der Waals surface area (Å²) in [6, 6.07) is 0. The lowest BCUT2D eigenvalue weighted by Crippen LogP contribution is -2.50. The molecular weight excluding hydrogens is 218 g/mol. The Kier molecular flexibility index (Phi) is 6.06. The van der Waals surface area contributed by atoms with Gasteiger partial charge in [0, 0.05) is 0 Å². The average Bonchev–Trinajstić information content (AvgIpc) is 2.14. The van der Waals surface area contributed by atoms with Crippen molar-refractivity contribution in [2.24, 2.45) is 5.73 Å². The highest BCUT2D eigenvalue weighted by atomic mass is 35.5. The van der Waals surface area contributed by atoms with E-state index in [2.05, 4.69) is 21.2 Å². The van der Waals surface area contributed by atoms with E-state index in [4.69, 9.17) is 5.73 Å². The van der Waals surface area contributed by atoms with Gasteiger partial charge in [0.05, 0.1) is 0 Å². The Labute approximate surface area is 85.0 Å². The number of carbonyl (C=O) groups is 2. The first-order chi connectivity index (χ1) is 6.10. The third-order valence-electron chi connectivity index (χ3n) is 1.42. The standard InChI is InChI=1S/C6H10ClNO4S/c1-13-3-2-6(8,4-9)5(10)11-12-7/h4H,2-3,8H2,1H3. The molecule has 0 aliphatic carbocycles. The fraction of sp³-hybridized carbons (Fsp3) is 0.667. The van der Waals surface area contributed by atoms with Gasteiger partial charge in [0.25, 0.3) is 0 Å². The fourth-order valence-corrected chi connectivity index (χ4v) is 1.19. The summed E-state index contributed by atoms with van der Waals surface area (Å²) in [6.07, 6.45) is 2.33.